The van der Waals surface area contributed by atoms with Gasteiger partial charge in [0.2, 0.25) is 5.91 Å². The molecule has 1 amide bonds. The predicted molar refractivity (Wildman–Crippen MR) is 155 cm³/mol. The molecule has 39 heavy (non-hydrogen) atoms. The van der Waals surface area contributed by atoms with Gasteiger partial charge in [0, 0.05) is 47.2 Å². The van der Waals surface area contributed by atoms with Crippen molar-refractivity contribution >= 4 is 22.4 Å². The summed E-state index contributed by atoms with van der Waals surface area (Å²) in [4.78, 5) is 26.2. The molecule has 0 saturated heterocycles. The van der Waals surface area contributed by atoms with Crippen LogP contribution in [0.5, 0.6) is 0 Å². The summed E-state index contributed by atoms with van der Waals surface area (Å²) in [6.45, 7) is 10.3. The third-order valence-electron chi connectivity index (χ3n) is 8.42. The summed E-state index contributed by atoms with van der Waals surface area (Å²) in [6.07, 6.45) is 3.06. The molecule has 6 heteroatoms. The lowest BCUT2D eigenvalue weighted by atomic mass is 9.49. The first kappa shape index (κ1) is 23.6. The van der Waals surface area contributed by atoms with Crippen molar-refractivity contribution in [3.8, 4) is 11.3 Å². The molecular formula is C33H26N4OS. The maximum absolute atomic E-state index is 14.0. The topological polar surface area (TPSA) is 62.1 Å². The Bertz CT molecular complexity index is 1700. The highest BCUT2D eigenvalue weighted by Crippen LogP contribution is 2.64. The molecule has 0 radical (unpaired) electrons. The molecule has 3 aliphatic rings. The van der Waals surface area contributed by atoms with E-state index in [9.17, 15) is 4.79 Å². The molecule has 0 aliphatic heterocycles. The second kappa shape index (κ2) is 8.79. The number of nitrogens with one attached hydrogen (secondary N) is 2. The summed E-state index contributed by atoms with van der Waals surface area (Å²) in [6, 6.07) is 28.8. The third kappa shape index (κ3) is 3.58. The van der Waals surface area contributed by atoms with E-state index in [2.05, 4.69) is 69.7 Å². The molecule has 1 atom stereocenters. The normalized spacial score (nSPS) is 22.5. The Kier molecular flexibility index (Phi) is 5.33. The maximum atomic E-state index is 14.0. The van der Waals surface area contributed by atoms with Crippen LogP contribution in [0, 0.1) is 12.0 Å². The largest absolute Gasteiger partial charge is 0.361 e. The Morgan fingerprint density at radius 3 is 2.36 bits per heavy atom. The fourth-order valence-corrected chi connectivity index (χ4v) is 7.36. The number of fused-ring (bicyclic) bond motifs is 1. The number of hydrogen-bond acceptors (Lipinski definition) is 3. The predicted octanol–water partition coefficient (Wildman–Crippen LogP) is 7.39. The number of benzene rings is 3. The lowest BCUT2D eigenvalue weighted by Gasteiger charge is -2.51. The maximum Gasteiger partial charge on any atom is 0.284 e. The number of anilines is 1. The summed E-state index contributed by atoms with van der Waals surface area (Å²) >= 11 is 1.45. The zero-order chi connectivity index (χ0) is 26.6. The van der Waals surface area contributed by atoms with Crippen molar-refractivity contribution in [1.82, 2.24) is 9.97 Å². The average molecular weight is 527 g/mol. The van der Waals surface area contributed by atoms with Crippen molar-refractivity contribution in [2.45, 2.75) is 31.2 Å². The molecule has 3 aliphatic carbocycles. The number of hydrogen-bond donors (Lipinski definition) is 2. The monoisotopic (exact) mass is 526 g/mol. The van der Waals surface area contributed by atoms with Crippen molar-refractivity contribution in [2.24, 2.45) is 5.41 Å². The first-order valence-electron chi connectivity index (χ1n) is 13.1. The number of aromatic amines is 1. The first-order valence-corrected chi connectivity index (χ1v) is 14.0. The van der Waals surface area contributed by atoms with Gasteiger partial charge in [-0.2, -0.15) is 0 Å². The van der Waals surface area contributed by atoms with E-state index in [4.69, 9.17) is 11.6 Å². The van der Waals surface area contributed by atoms with Gasteiger partial charge in [-0.15, -0.1) is 11.3 Å². The highest BCUT2D eigenvalue weighted by atomic mass is 32.1. The van der Waals surface area contributed by atoms with Crippen LogP contribution in [-0.2, 0) is 16.8 Å². The third-order valence-corrected chi connectivity index (χ3v) is 9.23. The lowest BCUT2D eigenvalue weighted by Crippen LogP contribution is -2.53. The molecule has 8 rings (SSSR count). The summed E-state index contributed by atoms with van der Waals surface area (Å²) in [5.41, 5.74) is 6.91. The summed E-state index contributed by atoms with van der Waals surface area (Å²) in [5.74, 6) is -0.202. The molecule has 1 unspecified atom stereocenters. The van der Waals surface area contributed by atoms with E-state index in [0.29, 0.717) is 18.0 Å². The lowest BCUT2D eigenvalue weighted by molar-refractivity contribution is -0.127. The number of carbonyl (C=O) groups is 1. The minimum atomic E-state index is -0.867. The number of thiazole rings is 1. The van der Waals surface area contributed by atoms with Crippen LogP contribution >= 0.6 is 11.3 Å². The Morgan fingerprint density at radius 2 is 1.72 bits per heavy atom. The molecular weight excluding hydrogens is 500 g/mol. The summed E-state index contributed by atoms with van der Waals surface area (Å²) in [7, 11) is 0. The molecule has 2 aromatic heterocycles. The standard InChI is InChI=1S/C33H26N4OS/c1-32(20-33(34-2)26-10-5-3-8-24(26)29(32)25-9-4-6-11-27(25)33)30(38)37-31-36-23(19-39-31)18-21-13-15-22(16-14-21)28-12-7-17-35-28/h3-17,19,29,35H,18,20H2,1H3,(H,36,37,38). The van der Waals surface area contributed by atoms with E-state index in [1.807, 2.05) is 48.8 Å². The Balaban J connectivity index is 1.15. The highest BCUT2D eigenvalue weighted by Gasteiger charge is 2.64. The van der Waals surface area contributed by atoms with E-state index < -0.39 is 11.0 Å². The first-order chi connectivity index (χ1) is 19.0. The molecule has 0 spiro atoms. The van der Waals surface area contributed by atoms with Gasteiger partial charge in [0.05, 0.1) is 11.1 Å². The second-order valence-electron chi connectivity index (χ2n) is 10.7. The van der Waals surface area contributed by atoms with Crippen molar-refractivity contribution < 1.29 is 4.79 Å². The molecule has 190 valence electrons. The van der Waals surface area contributed by atoms with E-state index in [1.165, 1.54) is 11.3 Å². The van der Waals surface area contributed by atoms with Crippen LogP contribution in [0.1, 0.15) is 52.8 Å². The fraction of sp³-hybridized carbons (Fsp3) is 0.182. The molecule has 0 saturated carbocycles. The van der Waals surface area contributed by atoms with E-state index in [-0.39, 0.29) is 11.8 Å². The highest BCUT2D eigenvalue weighted by molar-refractivity contribution is 7.13. The van der Waals surface area contributed by atoms with Crippen LogP contribution in [0.4, 0.5) is 5.13 Å². The minimum absolute atomic E-state index is 0.0827. The number of rotatable bonds is 5. The number of amides is 1. The molecule has 3 aromatic carbocycles. The SMILES string of the molecule is [C-]#[N+]C12CC(C)(C(=O)Nc3nc(Cc4ccc(-c5ccc[nH]5)cc4)cs3)C(c3ccccc31)c1ccccc12. The van der Waals surface area contributed by atoms with Gasteiger partial charge in [-0.3, -0.25) is 9.64 Å². The van der Waals surface area contributed by atoms with E-state index in [0.717, 1.165) is 44.8 Å². The van der Waals surface area contributed by atoms with Gasteiger partial charge in [0.15, 0.2) is 5.13 Å². The quantitative estimate of drug-likeness (QED) is 0.235. The van der Waals surface area contributed by atoms with Crippen molar-refractivity contribution in [3.63, 3.8) is 0 Å². The van der Waals surface area contributed by atoms with Crippen LogP contribution < -0.4 is 5.32 Å². The second-order valence-corrected chi connectivity index (χ2v) is 11.6. The molecule has 5 aromatic rings. The van der Waals surface area contributed by atoms with Crippen molar-refractivity contribution in [2.75, 3.05) is 5.32 Å². The van der Waals surface area contributed by atoms with Gasteiger partial charge < -0.3 is 10.3 Å². The van der Waals surface area contributed by atoms with Gasteiger partial charge in [0.1, 0.15) is 0 Å². The zero-order valence-electron chi connectivity index (χ0n) is 21.4. The average Bonchev–Trinajstić information content (AvgIpc) is 3.66. The summed E-state index contributed by atoms with van der Waals surface area (Å²) < 4.78 is 0. The number of carbonyl (C=O) groups excluding carboxylic acids is 1. The number of H-pyrrole nitrogens is 1. The van der Waals surface area contributed by atoms with Crippen LogP contribution in [0.3, 0.4) is 0 Å². The fourth-order valence-electron chi connectivity index (χ4n) is 6.65. The van der Waals surface area contributed by atoms with Crippen LogP contribution in [0.2, 0.25) is 0 Å². The Hall–Kier alpha value is -4.47. The van der Waals surface area contributed by atoms with E-state index in [1.54, 1.807) is 0 Å². The smallest absolute Gasteiger partial charge is 0.284 e. The van der Waals surface area contributed by atoms with Crippen LogP contribution in [0.25, 0.3) is 16.1 Å². The molecule has 0 fully saturated rings. The molecule has 5 nitrogen and oxygen atoms in total. The number of nitrogens with zero attached hydrogens (tertiary/aromatic N) is 2. The zero-order valence-corrected chi connectivity index (χ0v) is 22.3. The van der Waals surface area contributed by atoms with Gasteiger partial charge in [-0.25, -0.2) is 11.6 Å². The summed E-state index contributed by atoms with van der Waals surface area (Å²) in [5, 5.41) is 5.74. The molecule has 2 heterocycles. The van der Waals surface area contributed by atoms with E-state index >= 15 is 0 Å². The van der Waals surface area contributed by atoms with Gasteiger partial charge in [-0.1, -0.05) is 72.8 Å². The molecule has 2 N–H and O–H groups in total. The number of aromatic nitrogens is 2. The van der Waals surface area contributed by atoms with Crippen LogP contribution in [-0.4, -0.2) is 15.9 Å². The Morgan fingerprint density at radius 1 is 1.03 bits per heavy atom. The van der Waals surface area contributed by atoms with Gasteiger partial charge >= 0.3 is 0 Å². The van der Waals surface area contributed by atoms with Gasteiger partial charge in [-0.05, 0) is 41.3 Å². The molecule has 2 bridgehead atoms. The van der Waals surface area contributed by atoms with Gasteiger partial charge in [0.25, 0.3) is 5.54 Å². The minimum Gasteiger partial charge on any atom is -0.361 e. The Labute approximate surface area is 231 Å². The van der Waals surface area contributed by atoms with Crippen molar-refractivity contribution in [3.05, 3.63) is 141 Å². The van der Waals surface area contributed by atoms with Crippen molar-refractivity contribution in [1.29, 1.82) is 0 Å². The van der Waals surface area contributed by atoms with Crippen LogP contribution in [0.15, 0.2) is 96.5 Å².